The minimum atomic E-state index is 0.0527. The van der Waals surface area contributed by atoms with Gasteiger partial charge in [0.1, 0.15) is 0 Å². The number of carbonyl (C=O) groups excluding carboxylic acids is 1. The van der Waals surface area contributed by atoms with Gasteiger partial charge in [-0.1, -0.05) is 5.57 Å². The minimum Gasteiger partial charge on any atom is -0.353 e. The Hall–Kier alpha value is -0.790. The topological polar surface area (TPSA) is 29.1 Å². The van der Waals surface area contributed by atoms with E-state index in [0.717, 1.165) is 0 Å². The van der Waals surface area contributed by atoms with E-state index in [1.165, 1.54) is 18.4 Å². The van der Waals surface area contributed by atoms with Crippen LogP contribution in [0.2, 0.25) is 0 Å². The molecule has 0 aromatic carbocycles. The maximum Gasteiger partial charge on any atom is 0.243 e. The highest BCUT2D eigenvalue weighted by Gasteiger charge is 2.23. The lowest BCUT2D eigenvalue weighted by Gasteiger charge is -1.97. The molecular weight excluding hydrogens is 138 g/mol. The molecule has 2 nitrogen and oxygen atoms in total. The molecule has 0 aromatic heterocycles. The molecular formula is C9H15NO. The van der Waals surface area contributed by atoms with E-state index in [4.69, 9.17) is 0 Å². The Balaban J connectivity index is 2.35. The summed E-state index contributed by atoms with van der Waals surface area (Å²) in [5.74, 6) is 0.759. The van der Waals surface area contributed by atoms with Crippen molar-refractivity contribution in [1.82, 2.24) is 5.32 Å². The van der Waals surface area contributed by atoms with Crippen LogP contribution in [0.4, 0.5) is 0 Å². The van der Waals surface area contributed by atoms with Gasteiger partial charge in [0.2, 0.25) is 5.91 Å². The van der Waals surface area contributed by atoms with E-state index >= 15 is 0 Å². The molecule has 1 aliphatic carbocycles. The summed E-state index contributed by atoms with van der Waals surface area (Å²) < 4.78 is 0. The summed E-state index contributed by atoms with van der Waals surface area (Å²) in [5, 5.41) is 2.74. The zero-order chi connectivity index (χ0) is 8.27. The van der Waals surface area contributed by atoms with Crippen molar-refractivity contribution in [3.8, 4) is 0 Å². The summed E-state index contributed by atoms with van der Waals surface area (Å²) in [6.07, 6.45) is 4.25. The average Bonchev–Trinajstić information content (AvgIpc) is 2.67. The monoisotopic (exact) mass is 153 g/mol. The van der Waals surface area contributed by atoms with Crippen molar-refractivity contribution in [2.45, 2.75) is 26.7 Å². The van der Waals surface area contributed by atoms with E-state index in [2.05, 4.69) is 5.32 Å². The largest absolute Gasteiger partial charge is 0.353 e. The number of rotatable bonds is 3. The molecule has 0 saturated heterocycles. The first-order chi connectivity index (χ1) is 5.24. The zero-order valence-electron chi connectivity index (χ0n) is 7.18. The Morgan fingerprint density at radius 2 is 2.27 bits per heavy atom. The molecule has 1 N–H and O–H groups in total. The van der Waals surface area contributed by atoms with Gasteiger partial charge in [-0.3, -0.25) is 4.79 Å². The van der Waals surface area contributed by atoms with Gasteiger partial charge in [-0.15, -0.1) is 0 Å². The van der Waals surface area contributed by atoms with Gasteiger partial charge in [0.25, 0.3) is 0 Å². The van der Waals surface area contributed by atoms with Crippen molar-refractivity contribution in [3.05, 3.63) is 11.6 Å². The van der Waals surface area contributed by atoms with E-state index in [9.17, 15) is 4.79 Å². The number of hydrogen-bond acceptors (Lipinski definition) is 1. The molecule has 0 aliphatic heterocycles. The highest BCUT2D eigenvalue weighted by Crippen LogP contribution is 2.35. The molecule has 1 saturated carbocycles. The van der Waals surface area contributed by atoms with Crippen LogP contribution in [0.1, 0.15) is 26.7 Å². The molecule has 11 heavy (non-hydrogen) atoms. The van der Waals surface area contributed by atoms with Gasteiger partial charge in [-0.25, -0.2) is 0 Å². The molecule has 0 spiro atoms. The molecule has 1 amide bonds. The Labute approximate surface area is 67.7 Å². The molecule has 0 bridgehead atoms. The van der Waals surface area contributed by atoms with E-state index < -0.39 is 0 Å². The smallest absolute Gasteiger partial charge is 0.243 e. The van der Waals surface area contributed by atoms with Crippen molar-refractivity contribution in [2.24, 2.45) is 5.92 Å². The third-order valence-electron chi connectivity index (χ3n) is 1.93. The fourth-order valence-corrected chi connectivity index (χ4v) is 1.09. The molecule has 0 radical (unpaired) electrons. The number of nitrogens with one attached hydrogen (secondary N) is 1. The molecule has 1 rings (SSSR count). The average molecular weight is 153 g/mol. The van der Waals surface area contributed by atoms with Crippen LogP contribution in [0.25, 0.3) is 0 Å². The molecule has 0 atom stereocenters. The van der Waals surface area contributed by atoms with Gasteiger partial charge in [0.05, 0.1) is 0 Å². The summed E-state index contributed by atoms with van der Waals surface area (Å²) >= 11 is 0. The first-order valence-corrected chi connectivity index (χ1v) is 4.20. The van der Waals surface area contributed by atoms with E-state index in [0.29, 0.717) is 12.5 Å². The van der Waals surface area contributed by atoms with Crippen molar-refractivity contribution in [1.29, 1.82) is 0 Å². The number of likely N-dealkylation sites (N-methyl/N-ethyl adjacent to an activating group) is 1. The van der Waals surface area contributed by atoms with Gasteiger partial charge >= 0.3 is 0 Å². The van der Waals surface area contributed by atoms with Gasteiger partial charge < -0.3 is 5.32 Å². The SMILES string of the molecule is CCNC(=O)/C=C(/C)C1CC1. The van der Waals surface area contributed by atoms with Crippen molar-refractivity contribution < 1.29 is 4.79 Å². The summed E-state index contributed by atoms with van der Waals surface area (Å²) in [5.41, 5.74) is 1.23. The van der Waals surface area contributed by atoms with Crippen LogP contribution < -0.4 is 5.32 Å². The zero-order valence-corrected chi connectivity index (χ0v) is 7.18. The number of carbonyl (C=O) groups is 1. The van der Waals surface area contributed by atoms with Gasteiger partial charge in [0, 0.05) is 12.6 Å². The standard InChI is InChI=1S/C9H15NO/c1-3-10-9(11)6-7(2)8-4-5-8/h6,8H,3-5H2,1-2H3,(H,10,11)/b7-6-. The van der Waals surface area contributed by atoms with E-state index in [-0.39, 0.29) is 5.91 Å². The fourth-order valence-electron chi connectivity index (χ4n) is 1.09. The van der Waals surface area contributed by atoms with Crippen molar-refractivity contribution in [2.75, 3.05) is 6.54 Å². The number of allylic oxidation sites excluding steroid dienone is 1. The van der Waals surface area contributed by atoms with Crippen LogP contribution in [0.3, 0.4) is 0 Å². The summed E-state index contributed by atoms with van der Waals surface area (Å²) in [4.78, 5) is 11.0. The Morgan fingerprint density at radius 3 is 2.73 bits per heavy atom. The van der Waals surface area contributed by atoms with Gasteiger partial charge in [0.15, 0.2) is 0 Å². The molecule has 2 heteroatoms. The lowest BCUT2D eigenvalue weighted by atomic mass is 10.2. The fraction of sp³-hybridized carbons (Fsp3) is 0.667. The second kappa shape index (κ2) is 3.56. The lowest BCUT2D eigenvalue weighted by molar-refractivity contribution is -0.116. The van der Waals surface area contributed by atoms with E-state index in [1.54, 1.807) is 6.08 Å². The molecule has 1 aliphatic rings. The van der Waals surface area contributed by atoms with Crippen LogP contribution in [0, 0.1) is 5.92 Å². The maximum atomic E-state index is 11.0. The third-order valence-corrected chi connectivity index (χ3v) is 1.93. The highest BCUT2D eigenvalue weighted by molar-refractivity contribution is 5.88. The van der Waals surface area contributed by atoms with Crippen LogP contribution in [0.15, 0.2) is 11.6 Å². The molecule has 0 unspecified atom stereocenters. The Morgan fingerprint density at radius 1 is 1.64 bits per heavy atom. The predicted molar refractivity (Wildman–Crippen MR) is 45.2 cm³/mol. The van der Waals surface area contributed by atoms with E-state index in [1.807, 2.05) is 13.8 Å². The minimum absolute atomic E-state index is 0.0527. The summed E-state index contributed by atoms with van der Waals surface area (Å²) in [6, 6.07) is 0. The molecule has 1 fully saturated rings. The normalized spacial score (nSPS) is 18.2. The molecule has 62 valence electrons. The van der Waals surface area contributed by atoms with Gasteiger partial charge in [-0.05, 0) is 32.6 Å². The summed E-state index contributed by atoms with van der Waals surface area (Å²) in [7, 11) is 0. The highest BCUT2D eigenvalue weighted by atomic mass is 16.1. The predicted octanol–water partition coefficient (Wildman–Crippen LogP) is 1.48. The number of amides is 1. The quantitative estimate of drug-likeness (QED) is 0.611. The Kier molecular flexibility index (Phi) is 2.69. The van der Waals surface area contributed by atoms with Gasteiger partial charge in [-0.2, -0.15) is 0 Å². The first-order valence-electron chi connectivity index (χ1n) is 4.20. The molecule has 0 aromatic rings. The van der Waals surface area contributed by atoms with Crippen LogP contribution in [-0.2, 0) is 4.79 Å². The lowest BCUT2D eigenvalue weighted by Crippen LogP contribution is -2.20. The van der Waals surface area contributed by atoms with Crippen LogP contribution in [0.5, 0.6) is 0 Å². The van der Waals surface area contributed by atoms with Crippen LogP contribution >= 0.6 is 0 Å². The van der Waals surface area contributed by atoms with Crippen molar-refractivity contribution >= 4 is 5.91 Å². The Bertz CT molecular complexity index is 180. The second-order valence-electron chi connectivity index (χ2n) is 3.06. The second-order valence-corrected chi connectivity index (χ2v) is 3.06. The third kappa shape index (κ3) is 2.74. The summed E-state index contributed by atoms with van der Waals surface area (Å²) in [6.45, 7) is 4.68. The van der Waals surface area contributed by atoms with Crippen LogP contribution in [-0.4, -0.2) is 12.5 Å². The maximum absolute atomic E-state index is 11.0. The number of hydrogen-bond donors (Lipinski definition) is 1. The first kappa shape index (κ1) is 8.31. The molecule has 0 heterocycles. The van der Waals surface area contributed by atoms with Crippen molar-refractivity contribution in [3.63, 3.8) is 0 Å².